The lowest BCUT2D eigenvalue weighted by molar-refractivity contribution is -0.166. The highest BCUT2D eigenvalue weighted by molar-refractivity contribution is 5.72. The molecule has 0 aromatic rings. The van der Waals surface area contributed by atoms with Gasteiger partial charge in [0.05, 0.1) is 6.42 Å². The van der Waals surface area contributed by atoms with Crippen LogP contribution in [0.15, 0.2) is 207 Å². The number of hydrogen-bond acceptors (Lipinski definition) is 6. The summed E-state index contributed by atoms with van der Waals surface area (Å²) in [5, 5.41) is 0. The first-order valence-electron chi connectivity index (χ1n) is 30.6. The molecule has 0 rings (SSSR count). The Labute approximate surface area is 483 Å². The summed E-state index contributed by atoms with van der Waals surface area (Å²) in [6, 6.07) is 0. The zero-order valence-corrected chi connectivity index (χ0v) is 49.8. The Hall–Kier alpha value is -6.01. The number of unbranched alkanes of at least 4 members (excludes halogenated alkanes) is 8. The van der Waals surface area contributed by atoms with Gasteiger partial charge >= 0.3 is 17.9 Å². The van der Waals surface area contributed by atoms with Crippen LogP contribution in [0, 0.1) is 0 Å². The Kier molecular flexibility index (Phi) is 59.6. The molecule has 6 nitrogen and oxygen atoms in total. The van der Waals surface area contributed by atoms with Crippen LogP contribution in [0.5, 0.6) is 0 Å². The quantitative estimate of drug-likeness (QED) is 0.0261. The molecule has 79 heavy (non-hydrogen) atoms. The highest BCUT2D eigenvalue weighted by Crippen LogP contribution is 2.11. The topological polar surface area (TPSA) is 78.9 Å². The van der Waals surface area contributed by atoms with E-state index in [9.17, 15) is 14.4 Å². The van der Waals surface area contributed by atoms with Gasteiger partial charge in [0.25, 0.3) is 0 Å². The highest BCUT2D eigenvalue weighted by atomic mass is 16.6. The van der Waals surface area contributed by atoms with Crippen LogP contribution >= 0.6 is 0 Å². The van der Waals surface area contributed by atoms with Gasteiger partial charge in [-0.15, -0.1) is 0 Å². The van der Waals surface area contributed by atoms with Crippen LogP contribution in [-0.2, 0) is 28.6 Å². The predicted octanol–water partition coefficient (Wildman–Crippen LogP) is 21.2. The molecule has 0 aliphatic carbocycles. The number of carbonyl (C=O) groups excluding carboxylic acids is 3. The molecule has 0 saturated carbocycles. The molecule has 1 atom stereocenters. The first kappa shape index (κ1) is 73.0. The van der Waals surface area contributed by atoms with Gasteiger partial charge in [-0.3, -0.25) is 14.4 Å². The molecule has 0 N–H and O–H groups in total. The van der Waals surface area contributed by atoms with E-state index in [1.807, 2.05) is 6.08 Å². The minimum absolute atomic E-state index is 0.0726. The zero-order chi connectivity index (χ0) is 57.1. The van der Waals surface area contributed by atoms with E-state index < -0.39 is 12.1 Å². The zero-order valence-electron chi connectivity index (χ0n) is 49.8. The van der Waals surface area contributed by atoms with Crippen LogP contribution in [-0.4, -0.2) is 37.2 Å². The SMILES string of the molecule is CC/C=C\C/C=C\C/C=C\C/C=C\C/C=C\C/C=C\C/C=C\C/C=C\C/C=C\C/C=C\CCCCC(=O)OCC(COC(=O)CCCCCCC/C=C\C/C=C\CCC)OC(=O)C/C=C\C/C=C\C/C=C\C/C=C\C/C=C\CC. The van der Waals surface area contributed by atoms with E-state index in [1.54, 1.807) is 6.08 Å². The molecule has 0 bridgehead atoms. The maximum atomic E-state index is 12.8. The van der Waals surface area contributed by atoms with Gasteiger partial charge in [-0.1, -0.05) is 253 Å². The lowest BCUT2D eigenvalue weighted by atomic mass is 10.1. The third-order valence-corrected chi connectivity index (χ3v) is 11.8. The molecule has 0 aliphatic rings. The molecule has 0 aliphatic heterocycles. The highest BCUT2D eigenvalue weighted by Gasteiger charge is 2.19. The van der Waals surface area contributed by atoms with Crippen LogP contribution < -0.4 is 0 Å². The second-order valence-corrected chi connectivity index (χ2v) is 19.2. The normalized spacial score (nSPS) is 13.6. The molecule has 1 unspecified atom stereocenters. The third kappa shape index (κ3) is 62.7. The smallest absolute Gasteiger partial charge is 0.310 e. The van der Waals surface area contributed by atoms with Crippen molar-refractivity contribution in [3.8, 4) is 0 Å². The number of rotatable bonds is 52. The van der Waals surface area contributed by atoms with E-state index in [1.165, 1.54) is 6.42 Å². The van der Waals surface area contributed by atoms with Crippen LogP contribution in [0.2, 0.25) is 0 Å². The Balaban J connectivity index is 4.48. The maximum Gasteiger partial charge on any atom is 0.310 e. The maximum absolute atomic E-state index is 12.8. The van der Waals surface area contributed by atoms with Crippen molar-refractivity contribution in [2.45, 2.75) is 219 Å². The minimum atomic E-state index is -0.869. The van der Waals surface area contributed by atoms with Gasteiger partial charge in [0, 0.05) is 12.8 Å². The summed E-state index contributed by atoms with van der Waals surface area (Å²) in [5.41, 5.74) is 0. The molecule has 0 aromatic carbocycles. The number of ether oxygens (including phenoxy) is 3. The van der Waals surface area contributed by atoms with E-state index in [-0.39, 0.29) is 38.0 Å². The lowest BCUT2D eigenvalue weighted by Crippen LogP contribution is -2.30. The van der Waals surface area contributed by atoms with E-state index in [0.717, 1.165) is 154 Å². The Morgan fingerprint density at radius 3 is 0.861 bits per heavy atom. The summed E-state index contributed by atoms with van der Waals surface area (Å²) in [6.45, 7) is 6.18. The fraction of sp³-hybridized carbons (Fsp3) is 0.493. The Morgan fingerprint density at radius 2 is 0.532 bits per heavy atom. The van der Waals surface area contributed by atoms with Crippen LogP contribution in [0.4, 0.5) is 0 Å². The number of carbonyl (C=O) groups is 3. The molecule has 0 fully saturated rings. The van der Waals surface area contributed by atoms with Gasteiger partial charge in [0.15, 0.2) is 6.10 Å². The average molecular weight is 1080 g/mol. The number of allylic oxidation sites excluding steroid dienone is 33. The molecule has 0 heterocycles. The number of hydrogen-bond donors (Lipinski definition) is 0. The molecule has 0 spiro atoms. The summed E-state index contributed by atoms with van der Waals surface area (Å²) in [4.78, 5) is 38.1. The van der Waals surface area contributed by atoms with Gasteiger partial charge in [-0.05, 0) is 148 Å². The minimum Gasteiger partial charge on any atom is -0.462 e. The summed E-state index contributed by atoms with van der Waals surface area (Å²) < 4.78 is 16.7. The molecule has 6 heteroatoms. The summed E-state index contributed by atoms with van der Waals surface area (Å²) >= 11 is 0. The third-order valence-electron chi connectivity index (χ3n) is 11.8. The van der Waals surface area contributed by atoms with Crippen molar-refractivity contribution in [3.63, 3.8) is 0 Å². The molecule has 0 saturated heterocycles. The average Bonchev–Trinajstić information content (AvgIpc) is 3.45. The van der Waals surface area contributed by atoms with Crippen LogP contribution in [0.3, 0.4) is 0 Å². The summed E-state index contributed by atoms with van der Waals surface area (Å²) in [6.07, 6.45) is 100. The molecule has 0 aromatic heterocycles. The summed E-state index contributed by atoms with van der Waals surface area (Å²) in [7, 11) is 0. The van der Waals surface area contributed by atoms with Crippen molar-refractivity contribution < 1.29 is 28.6 Å². The second-order valence-electron chi connectivity index (χ2n) is 19.2. The Bertz CT molecular complexity index is 1960. The molecule has 436 valence electrons. The molecule has 0 radical (unpaired) electrons. The van der Waals surface area contributed by atoms with Crippen molar-refractivity contribution in [2.24, 2.45) is 0 Å². The van der Waals surface area contributed by atoms with Crippen molar-refractivity contribution >= 4 is 17.9 Å². The van der Waals surface area contributed by atoms with Gasteiger partial charge in [-0.25, -0.2) is 0 Å². The van der Waals surface area contributed by atoms with E-state index in [4.69, 9.17) is 14.2 Å². The Morgan fingerprint density at radius 1 is 0.278 bits per heavy atom. The van der Waals surface area contributed by atoms with Gasteiger partial charge in [0.1, 0.15) is 13.2 Å². The van der Waals surface area contributed by atoms with Gasteiger partial charge < -0.3 is 14.2 Å². The van der Waals surface area contributed by atoms with Crippen LogP contribution in [0.25, 0.3) is 0 Å². The monoisotopic (exact) mass is 1080 g/mol. The number of esters is 3. The van der Waals surface area contributed by atoms with Crippen molar-refractivity contribution in [2.75, 3.05) is 13.2 Å². The molecular formula is C73H108O6. The summed E-state index contributed by atoms with van der Waals surface area (Å²) in [5.74, 6) is -1.15. The fourth-order valence-electron chi connectivity index (χ4n) is 7.29. The van der Waals surface area contributed by atoms with Crippen LogP contribution in [0.1, 0.15) is 213 Å². The second kappa shape index (κ2) is 64.5. The molecule has 0 amide bonds. The first-order valence-corrected chi connectivity index (χ1v) is 30.6. The van der Waals surface area contributed by atoms with Gasteiger partial charge in [0.2, 0.25) is 0 Å². The van der Waals surface area contributed by atoms with E-state index in [2.05, 4.69) is 215 Å². The van der Waals surface area contributed by atoms with Crippen molar-refractivity contribution in [1.29, 1.82) is 0 Å². The largest absolute Gasteiger partial charge is 0.462 e. The van der Waals surface area contributed by atoms with E-state index in [0.29, 0.717) is 19.3 Å². The lowest BCUT2D eigenvalue weighted by Gasteiger charge is -2.18. The predicted molar refractivity (Wildman–Crippen MR) is 343 cm³/mol. The van der Waals surface area contributed by atoms with Crippen molar-refractivity contribution in [1.82, 2.24) is 0 Å². The first-order chi connectivity index (χ1) is 39.0. The van der Waals surface area contributed by atoms with Gasteiger partial charge in [-0.2, -0.15) is 0 Å². The van der Waals surface area contributed by atoms with E-state index >= 15 is 0 Å². The standard InChI is InChI=1S/C73H108O6/c1-4-7-10-13-16-19-22-25-27-28-29-30-31-32-33-34-35-36-37-38-39-40-41-42-43-44-46-48-51-54-57-60-63-66-72(75)78-69-70(68-77-71(74)65-62-59-56-53-50-47-24-21-18-15-12-9-6-3)79-73(76)67-64-61-58-55-52-49-45-26-23-20-17-14-11-8-5-2/h7-8,10-12,15-17,19-21,24-27,29-30,32-33,35-36,38-39,41-42,44-46,51-52,54-55,61,64,70H,4-6,9,13-14,18,22-23,28,31,34,37,40,43,47-50,53,56-60,62-63,65-69H2,1-3H3/b10-7-,11-8-,15-12-,19-16-,20-17-,24-21-,27-25-,30-29-,33-32-,36-35-,39-38-,42-41-,45-26-,46-44-,54-51-,55-52-,64-61-. The molecular weight excluding hydrogens is 973 g/mol. The fourth-order valence-corrected chi connectivity index (χ4v) is 7.29. The van der Waals surface area contributed by atoms with Crippen molar-refractivity contribution in [3.05, 3.63) is 207 Å².